The number of halogens is 1. The molecule has 2 aromatic carbocycles. The number of ether oxygens (including phenoxy) is 1. The third-order valence-corrected chi connectivity index (χ3v) is 8.25. The van der Waals surface area contributed by atoms with Crippen LogP contribution in [0.3, 0.4) is 0 Å². The van der Waals surface area contributed by atoms with E-state index in [1.54, 1.807) is 24.3 Å². The van der Waals surface area contributed by atoms with Gasteiger partial charge < -0.3 is 4.74 Å². The normalized spacial score (nSPS) is 16.8. The number of benzene rings is 2. The van der Waals surface area contributed by atoms with E-state index in [1.165, 1.54) is 35.7 Å². The van der Waals surface area contributed by atoms with E-state index in [2.05, 4.69) is 4.72 Å². The monoisotopic (exact) mass is 444 g/mol. The topological polar surface area (TPSA) is 92.8 Å². The van der Waals surface area contributed by atoms with Crippen LogP contribution in [0.1, 0.15) is 12.8 Å². The first-order chi connectivity index (χ1) is 13.2. The second kappa shape index (κ2) is 8.38. The van der Waals surface area contributed by atoms with Gasteiger partial charge in [-0.2, -0.15) is 4.31 Å². The van der Waals surface area contributed by atoms with Crippen LogP contribution < -0.4 is 9.46 Å². The van der Waals surface area contributed by atoms with Crippen LogP contribution in [0.5, 0.6) is 5.75 Å². The molecule has 3 rings (SSSR count). The van der Waals surface area contributed by atoms with E-state index in [9.17, 15) is 16.8 Å². The minimum absolute atomic E-state index is 0.0910. The molecular weight excluding hydrogens is 424 g/mol. The third-order valence-electron chi connectivity index (χ3n) is 4.58. The van der Waals surface area contributed by atoms with E-state index in [0.29, 0.717) is 23.6 Å². The smallest absolute Gasteiger partial charge is 0.243 e. The number of sulfonamides is 2. The van der Waals surface area contributed by atoms with Gasteiger partial charge in [-0.15, -0.1) is 0 Å². The Kier molecular flexibility index (Phi) is 6.31. The zero-order valence-corrected chi connectivity index (χ0v) is 17.6. The first-order valence-electron chi connectivity index (χ1n) is 8.64. The van der Waals surface area contributed by atoms with Gasteiger partial charge in [0.25, 0.3) is 0 Å². The molecule has 28 heavy (non-hydrogen) atoms. The van der Waals surface area contributed by atoms with Gasteiger partial charge in [-0.25, -0.2) is 21.6 Å². The summed E-state index contributed by atoms with van der Waals surface area (Å²) in [6.07, 6.45) is 0.768. The standard InChI is InChI=1S/C18H21ClN2O5S2/c1-26-16-5-7-17(8-6-16)28(24,25)21-11-9-15(10-12-21)20-27(22,23)18-4-2-3-14(19)13-18/h2-8,13,15,20H,9-12H2,1H3. The number of methoxy groups -OCH3 is 1. The highest BCUT2D eigenvalue weighted by Gasteiger charge is 2.31. The molecule has 0 saturated carbocycles. The predicted octanol–water partition coefficient (Wildman–Crippen LogP) is 2.48. The minimum Gasteiger partial charge on any atom is -0.497 e. The molecule has 0 spiro atoms. The lowest BCUT2D eigenvalue weighted by molar-refractivity contribution is 0.308. The van der Waals surface area contributed by atoms with E-state index in [0.717, 1.165) is 0 Å². The predicted molar refractivity (Wildman–Crippen MR) is 107 cm³/mol. The summed E-state index contributed by atoms with van der Waals surface area (Å²) in [6.45, 7) is 0.466. The number of nitrogens with one attached hydrogen (secondary N) is 1. The van der Waals surface area contributed by atoms with Gasteiger partial charge in [0.15, 0.2) is 0 Å². The summed E-state index contributed by atoms with van der Waals surface area (Å²) < 4.78 is 59.6. The molecule has 1 N–H and O–H groups in total. The van der Waals surface area contributed by atoms with Crippen LogP contribution in [0.15, 0.2) is 58.3 Å². The van der Waals surface area contributed by atoms with Crippen molar-refractivity contribution in [1.29, 1.82) is 0 Å². The van der Waals surface area contributed by atoms with Gasteiger partial charge in [0.05, 0.1) is 16.9 Å². The first kappa shape index (κ1) is 21.1. The molecule has 1 heterocycles. The Balaban J connectivity index is 1.65. The zero-order chi connectivity index (χ0) is 20.4. The molecule has 2 aromatic rings. The van der Waals surface area contributed by atoms with Crippen LogP contribution in [0.25, 0.3) is 0 Å². The van der Waals surface area contributed by atoms with Crippen LogP contribution >= 0.6 is 11.6 Å². The molecule has 0 unspecified atom stereocenters. The molecule has 10 heteroatoms. The summed E-state index contributed by atoms with van der Waals surface area (Å²) in [5, 5.41) is 0.336. The average Bonchev–Trinajstić information content (AvgIpc) is 2.68. The summed E-state index contributed by atoms with van der Waals surface area (Å²) >= 11 is 5.87. The molecule has 0 aromatic heterocycles. The third kappa shape index (κ3) is 4.66. The molecule has 0 atom stereocenters. The van der Waals surface area contributed by atoms with Gasteiger partial charge in [-0.1, -0.05) is 17.7 Å². The number of hydrogen-bond donors (Lipinski definition) is 1. The lowest BCUT2D eigenvalue weighted by atomic mass is 10.1. The minimum atomic E-state index is -3.71. The average molecular weight is 445 g/mol. The van der Waals surface area contributed by atoms with Crippen molar-refractivity contribution in [2.45, 2.75) is 28.7 Å². The van der Waals surface area contributed by atoms with Gasteiger partial charge in [-0.05, 0) is 55.3 Å². The van der Waals surface area contributed by atoms with E-state index in [1.807, 2.05) is 0 Å². The fourth-order valence-electron chi connectivity index (χ4n) is 3.03. The molecule has 0 aliphatic carbocycles. The SMILES string of the molecule is COc1ccc(S(=O)(=O)N2CCC(NS(=O)(=O)c3cccc(Cl)c3)CC2)cc1. The van der Waals surface area contributed by atoms with Crippen molar-refractivity contribution >= 4 is 31.6 Å². The Morgan fingerprint density at radius 1 is 1.00 bits per heavy atom. The number of hydrogen-bond acceptors (Lipinski definition) is 5. The van der Waals surface area contributed by atoms with Crippen molar-refractivity contribution in [1.82, 2.24) is 9.03 Å². The van der Waals surface area contributed by atoms with Gasteiger partial charge in [0, 0.05) is 24.2 Å². The lowest BCUT2D eigenvalue weighted by Gasteiger charge is -2.31. The summed E-state index contributed by atoms with van der Waals surface area (Å²) in [5.74, 6) is 0.577. The summed E-state index contributed by atoms with van der Waals surface area (Å²) in [6, 6.07) is 11.9. The van der Waals surface area contributed by atoms with Crippen molar-refractivity contribution in [2.75, 3.05) is 20.2 Å². The largest absolute Gasteiger partial charge is 0.497 e. The Hall–Kier alpha value is -1.65. The molecular formula is C18H21ClN2O5S2. The lowest BCUT2D eigenvalue weighted by Crippen LogP contribution is -2.46. The summed E-state index contributed by atoms with van der Waals surface area (Å²) in [5.41, 5.74) is 0. The van der Waals surface area contributed by atoms with Crippen LogP contribution in [0.2, 0.25) is 5.02 Å². The van der Waals surface area contributed by atoms with Crippen molar-refractivity contribution in [3.8, 4) is 5.75 Å². The van der Waals surface area contributed by atoms with Gasteiger partial charge >= 0.3 is 0 Å². The fourth-order valence-corrected chi connectivity index (χ4v) is 6.11. The molecule has 1 aliphatic rings. The van der Waals surface area contributed by atoms with Crippen LogP contribution in [-0.4, -0.2) is 47.4 Å². The first-order valence-corrected chi connectivity index (χ1v) is 11.9. The highest BCUT2D eigenvalue weighted by molar-refractivity contribution is 7.89. The second-order valence-electron chi connectivity index (χ2n) is 6.43. The Labute approximate surface area is 170 Å². The molecule has 1 saturated heterocycles. The second-order valence-corrected chi connectivity index (χ2v) is 10.5. The fraction of sp³-hybridized carbons (Fsp3) is 0.333. The zero-order valence-electron chi connectivity index (χ0n) is 15.2. The maximum absolute atomic E-state index is 12.8. The molecule has 0 amide bonds. The molecule has 0 bridgehead atoms. The Bertz CT molecular complexity index is 1030. The quantitative estimate of drug-likeness (QED) is 0.738. The van der Waals surface area contributed by atoms with E-state index in [-0.39, 0.29) is 28.9 Å². The molecule has 7 nitrogen and oxygen atoms in total. The van der Waals surface area contributed by atoms with Crippen molar-refractivity contribution < 1.29 is 21.6 Å². The maximum atomic E-state index is 12.8. The summed E-state index contributed by atoms with van der Waals surface area (Å²) in [7, 11) is -5.83. The van der Waals surface area contributed by atoms with Crippen LogP contribution in [0.4, 0.5) is 0 Å². The summed E-state index contributed by atoms with van der Waals surface area (Å²) in [4.78, 5) is 0.277. The van der Waals surface area contributed by atoms with Gasteiger partial charge in [0.2, 0.25) is 20.0 Å². The highest BCUT2D eigenvalue weighted by atomic mass is 35.5. The Morgan fingerprint density at radius 2 is 1.64 bits per heavy atom. The molecule has 1 fully saturated rings. The molecule has 1 aliphatic heterocycles. The number of nitrogens with zero attached hydrogens (tertiary/aromatic N) is 1. The van der Waals surface area contributed by atoms with Crippen molar-refractivity contribution in [3.05, 3.63) is 53.6 Å². The number of rotatable bonds is 6. The van der Waals surface area contributed by atoms with E-state index >= 15 is 0 Å². The highest BCUT2D eigenvalue weighted by Crippen LogP contribution is 2.24. The Morgan fingerprint density at radius 3 is 2.21 bits per heavy atom. The van der Waals surface area contributed by atoms with Crippen molar-refractivity contribution in [2.24, 2.45) is 0 Å². The van der Waals surface area contributed by atoms with Crippen LogP contribution in [-0.2, 0) is 20.0 Å². The molecule has 0 radical (unpaired) electrons. The van der Waals surface area contributed by atoms with E-state index in [4.69, 9.17) is 16.3 Å². The maximum Gasteiger partial charge on any atom is 0.243 e. The molecule has 152 valence electrons. The van der Waals surface area contributed by atoms with Gasteiger partial charge in [0.1, 0.15) is 5.75 Å². The van der Waals surface area contributed by atoms with Crippen molar-refractivity contribution in [3.63, 3.8) is 0 Å². The number of piperidine rings is 1. The van der Waals surface area contributed by atoms with Crippen LogP contribution in [0, 0.1) is 0 Å². The van der Waals surface area contributed by atoms with Gasteiger partial charge in [-0.3, -0.25) is 0 Å². The van der Waals surface area contributed by atoms with E-state index < -0.39 is 20.0 Å².